The van der Waals surface area contributed by atoms with Crippen LogP contribution in [-0.4, -0.2) is 54.8 Å². The van der Waals surface area contributed by atoms with E-state index in [1.807, 2.05) is 42.5 Å². The Bertz CT molecular complexity index is 870. The van der Waals surface area contributed by atoms with Crippen molar-refractivity contribution in [2.24, 2.45) is 0 Å². The third-order valence-corrected chi connectivity index (χ3v) is 5.76. The van der Waals surface area contributed by atoms with Gasteiger partial charge in [0.1, 0.15) is 0 Å². The Morgan fingerprint density at radius 2 is 1.81 bits per heavy atom. The molecule has 0 aromatic heterocycles. The maximum absolute atomic E-state index is 12.9. The predicted octanol–water partition coefficient (Wildman–Crippen LogP) is 2.38. The third-order valence-electron chi connectivity index (χ3n) is 5.76. The van der Waals surface area contributed by atoms with Gasteiger partial charge in [-0.2, -0.15) is 0 Å². The molecule has 4 rings (SSSR count). The van der Waals surface area contributed by atoms with Gasteiger partial charge in [-0.1, -0.05) is 30.3 Å². The highest BCUT2D eigenvalue weighted by Crippen LogP contribution is 2.47. The number of benzene rings is 2. The molecule has 2 aliphatic heterocycles. The van der Waals surface area contributed by atoms with Crippen molar-refractivity contribution >= 4 is 6.03 Å². The van der Waals surface area contributed by atoms with Gasteiger partial charge >= 0.3 is 6.03 Å². The van der Waals surface area contributed by atoms with Crippen LogP contribution in [0.5, 0.6) is 11.5 Å². The molecule has 2 aromatic rings. The molecule has 2 aromatic carbocycles. The number of amides is 2. The lowest BCUT2D eigenvalue weighted by atomic mass is 9.83. The molecule has 0 aliphatic carbocycles. The van der Waals surface area contributed by atoms with Crippen molar-refractivity contribution in [3.8, 4) is 11.5 Å². The third kappa shape index (κ3) is 2.55. The Kier molecular flexibility index (Phi) is 4.23. The highest BCUT2D eigenvalue weighted by atomic mass is 16.5. The average molecular weight is 368 g/mol. The minimum absolute atomic E-state index is 0.154. The molecule has 0 spiro atoms. The van der Waals surface area contributed by atoms with Crippen LogP contribution in [0.1, 0.15) is 16.7 Å². The minimum Gasteiger partial charge on any atom is -0.493 e. The van der Waals surface area contributed by atoms with Crippen LogP contribution >= 0.6 is 0 Å². The molecule has 27 heavy (non-hydrogen) atoms. The standard InChI is InChI=1S/C21H24N2O4/c1-22-19(11-14-7-5-4-6-8-14)21(25)16-13-18(27-3)17(26-2)12-15(16)9-10-23(21)20(22)24/h4-8,12-13,19,25H,9-11H2,1-3H3/t19-,21+/m1/s1. The van der Waals surface area contributed by atoms with Gasteiger partial charge in [-0.3, -0.25) is 4.90 Å². The van der Waals surface area contributed by atoms with Gasteiger partial charge in [0, 0.05) is 19.2 Å². The Balaban J connectivity index is 1.84. The van der Waals surface area contributed by atoms with Crippen molar-refractivity contribution in [3.63, 3.8) is 0 Å². The number of hydrogen-bond acceptors (Lipinski definition) is 4. The first kappa shape index (κ1) is 17.7. The number of urea groups is 1. The summed E-state index contributed by atoms with van der Waals surface area (Å²) in [5, 5.41) is 11.9. The van der Waals surface area contributed by atoms with Crippen molar-refractivity contribution in [2.75, 3.05) is 27.8 Å². The van der Waals surface area contributed by atoms with Crippen molar-refractivity contribution in [2.45, 2.75) is 24.6 Å². The van der Waals surface area contributed by atoms with Crippen molar-refractivity contribution in [3.05, 3.63) is 59.2 Å². The second-order valence-corrected chi connectivity index (χ2v) is 7.09. The number of aliphatic hydroxyl groups is 1. The molecule has 1 fully saturated rings. The highest BCUT2D eigenvalue weighted by Gasteiger charge is 2.58. The summed E-state index contributed by atoms with van der Waals surface area (Å²) in [6.45, 7) is 0.466. The number of hydrogen-bond donors (Lipinski definition) is 1. The Hall–Kier alpha value is -2.73. The molecular formula is C21H24N2O4. The monoisotopic (exact) mass is 368 g/mol. The van der Waals surface area contributed by atoms with Crippen LogP contribution in [0.15, 0.2) is 42.5 Å². The quantitative estimate of drug-likeness (QED) is 0.900. The molecule has 0 saturated carbocycles. The van der Waals surface area contributed by atoms with Crippen LogP contribution < -0.4 is 9.47 Å². The summed E-state index contributed by atoms with van der Waals surface area (Å²) < 4.78 is 10.9. The molecule has 2 heterocycles. The van der Waals surface area contributed by atoms with Crippen LogP contribution in [0, 0.1) is 0 Å². The highest BCUT2D eigenvalue weighted by molar-refractivity contribution is 5.80. The summed E-state index contributed by atoms with van der Waals surface area (Å²) in [6, 6.07) is 13.1. The number of likely N-dealkylation sites (N-methyl/N-ethyl adjacent to an activating group) is 1. The first-order valence-corrected chi connectivity index (χ1v) is 9.06. The van der Waals surface area contributed by atoms with E-state index in [-0.39, 0.29) is 6.03 Å². The summed E-state index contributed by atoms with van der Waals surface area (Å²) in [7, 11) is 4.92. The van der Waals surface area contributed by atoms with Gasteiger partial charge in [-0.15, -0.1) is 0 Å². The number of carbonyl (C=O) groups is 1. The van der Waals surface area contributed by atoms with E-state index in [0.717, 1.165) is 11.1 Å². The lowest BCUT2D eigenvalue weighted by Gasteiger charge is -2.41. The molecule has 2 amide bonds. The van der Waals surface area contributed by atoms with Gasteiger partial charge in [-0.25, -0.2) is 4.79 Å². The number of carbonyl (C=O) groups excluding carboxylic acids is 1. The zero-order valence-electron chi connectivity index (χ0n) is 15.8. The predicted molar refractivity (Wildman–Crippen MR) is 101 cm³/mol. The fourth-order valence-corrected chi connectivity index (χ4v) is 4.33. The lowest BCUT2D eigenvalue weighted by molar-refractivity contribution is -0.0987. The van der Waals surface area contributed by atoms with E-state index in [2.05, 4.69) is 0 Å². The van der Waals surface area contributed by atoms with Gasteiger partial charge in [0.05, 0.1) is 20.3 Å². The smallest absolute Gasteiger partial charge is 0.322 e. The average Bonchev–Trinajstić information content (AvgIpc) is 2.88. The largest absolute Gasteiger partial charge is 0.493 e. The van der Waals surface area contributed by atoms with Crippen LogP contribution in [0.3, 0.4) is 0 Å². The second kappa shape index (κ2) is 6.46. The molecule has 0 unspecified atom stereocenters. The zero-order chi connectivity index (χ0) is 19.2. The van der Waals surface area contributed by atoms with Crippen LogP contribution in [0.2, 0.25) is 0 Å². The summed E-state index contributed by atoms with van der Waals surface area (Å²) >= 11 is 0. The lowest BCUT2D eigenvalue weighted by Crippen LogP contribution is -2.53. The number of nitrogens with zero attached hydrogens (tertiary/aromatic N) is 2. The Morgan fingerprint density at radius 1 is 1.15 bits per heavy atom. The van der Waals surface area contributed by atoms with Gasteiger partial charge in [0.25, 0.3) is 0 Å². The van der Waals surface area contributed by atoms with E-state index in [4.69, 9.17) is 9.47 Å². The molecule has 6 heteroatoms. The number of ether oxygens (including phenoxy) is 2. The second-order valence-electron chi connectivity index (χ2n) is 7.09. The molecule has 0 radical (unpaired) electrons. The van der Waals surface area contributed by atoms with E-state index >= 15 is 0 Å². The molecule has 2 atom stereocenters. The van der Waals surface area contributed by atoms with Crippen LogP contribution in [-0.2, 0) is 18.6 Å². The minimum atomic E-state index is -1.41. The molecule has 6 nitrogen and oxygen atoms in total. The van der Waals surface area contributed by atoms with Crippen LogP contribution in [0.25, 0.3) is 0 Å². The Morgan fingerprint density at radius 3 is 2.48 bits per heavy atom. The molecule has 1 N–H and O–H groups in total. The first-order chi connectivity index (χ1) is 13.0. The Labute approximate surface area is 158 Å². The normalized spacial score (nSPS) is 23.9. The fraction of sp³-hybridized carbons (Fsp3) is 0.381. The summed E-state index contributed by atoms with van der Waals surface area (Å²) in [6.07, 6.45) is 1.22. The van der Waals surface area contributed by atoms with E-state index in [0.29, 0.717) is 36.4 Å². The van der Waals surface area contributed by atoms with E-state index in [1.54, 1.807) is 31.1 Å². The summed E-state index contributed by atoms with van der Waals surface area (Å²) in [5.41, 5.74) is 1.36. The van der Waals surface area contributed by atoms with Gasteiger partial charge in [0.2, 0.25) is 0 Å². The van der Waals surface area contributed by atoms with Gasteiger partial charge in [-0.05, 0) is 36.1 Å². The van der Waals surface area contributed by atoms with Crippen molar-refractivity contribution in [1.82, 2.24) is 9.80 Å². The molecule has 142 valence electrons. The fourth-order valence-electron chi connectivity index (χ4n) is 4.33. The first-order valence-electron chi connectivity index (χ1n) is 9.06. The summed E-state index contributed by atoms with van der Waals surface area (Å²) in [5.74, 6) is 1.18. The maximum atomic E-state index is 12.9. The van der Waals surface area contributed by atoms with Crippen molar-refractivity contribution in [1.29, 1.82) is 0 Å². The topological polar surface area (TPSA) is 62.2 Å². The van der Waals surface area contributed by atoms with Gasteiger partial charge < -0.3 is 19.5 Å². The van der Waals surface area contributed by atoms with E-state index in [1.165, 1.54) is 0 Å². The molecular weight excluding hydrogens is 344 g/mol. The number of rotatable bonds is 4. The van der Waals surface area contributed by atoms with Gasteiger partial charge in [0.15, 0.2) is 17.2 Å². The van der Waals surface area contributed by atoms with E-state index in [9.17, 15) is 9.90 Å². The van der Waals surface area contributed by atoms with Crippen molar-refractivity contribution < 1.29 is 19.4 Å². The zero-order valence-corrected chi connectivity index (χ0v) is 15.8. The summed E-state index contributed by atoms with van der Waals surface area (Å²) in [4.78, 5) is 16.1. The number of fused-ring (bicyclic) bond motifs is 3. The van der Waals surface area contributed by atoms with Crippen LogP contribution in [0.4, 0.5) is 4.79 Å². The maximum Gasteiger partial charge on any atom is 0.322 e. The molecule has 1 saturated heterocycles. The SMILES string of the molecule is COc1cc2c(cc1OC)[C@]1(O)[C@@H](Cc3ccccc3)N(C)C(=O)N1CC2. The molecule has 2 aliphatic rings. The molecule has 0 bridgehead atoms. The van der Waals surface area contributed by atoms with E-state index < -0.39 is 11.8 Å². The number of methoxy groups -OCH3 is 2.